The van der Waals surface area contributed by atoms with Crippen molar-refractivity contribution in [2.45, 2.75) is 19.5 Å². The monoisotopic (exact) mass is 459 g/mol. The Bertz CT molecular complexity index is 1190. The van der Waals surface area contributed by atoms with Crippen LogP contribution in [0, 0.1) is 0 Å². The Kier molecular flexibility index (Phi) is 7.08. The first-order chi connectivity index (χ1) is 16.5. The number of carbonyl (C=O) groups is 2. The quantitative estimate of drug-likeness (QED) is 0.508. The number of rotatable bonds is 9. The normalized spacial score (nSPS) is 16.1. The summed E-state index contributed by atoms with van der Waals surface area (Å²) in [7, 11) is 1.98. The Morgan fingerprint density at radius 3 is 2.56 bits per heavy atom. The van der Waals surface area contributed by atoms with Crippen molar-refractivity contribution >= 4 is 28.3 Å². The molecular weight excluding hydrogens is 430 g/mol. The van der Waals surface area contributed by atoms with Gasteiger partial charge in [-0.2, -0.15) is 0 Å². The zero-order chi connectivity index (χ0) is 24.1. The Morgan fingerprint density at radius 2 is 1.82 bits per heavy atom. The molecule has 2 aromatic carbocycles. The van der Waals surface area contributed by atoms with Crippen LogP contribution in [0.5, 0.6) is 0 Å². The summed E-state index contributed by atoms with van der Waals surface area (Å²) in [5.41, 5.74) is 1.94. The van der Waals surface area contributed by atoms with E-state index >= 15 is 0 Å². The Labute approximate surface area is 199 Å². The van der Waals surface area contributed by atoms with Crippen LogP contribution in [0.15, 0.2) is 78.8 Å². The zero-order valence-corrected chi connectivity index (χ0v) is 19.4. The smallest absolute Gasteiger partial charge is 0.353 e. The molecule has 0 saturated heterocycles. The van der Waals surface area contributed by atoms with E-state index in [1.54, 1.807) is 17.4 Å². The highest BCUT2D eigenvalue weighted by Crippen LogP contribution is 2.26. The number of anilines is 1. The number of aliphatic carboxylic acids is 1. The maximum absolute atomic E-state index is 13.4. The fourth-order valence-electron chi connectivity index (χ4n) is 4.22. The number of hydrogen-bond acceptors (Lipinski definition) is 6. The molecule has 2 N–H and O–H groups in total. The fourth-order valence-corrected chi connectivity index (χ4v) is 4.22. The molecule has 2 heterocycles. The summed E-state index contributed by atoms with van der Waals surface area (Å²) in [4.78, 5) is 31.9. The van der Waals surface area contributed by atoms with Gasteiger partial charge in [-0.05, 0) is 25.6 Å². The molecule has 0 fully saturated rings. The number of nitrogens with one attached hydrogen (secondary N) is 1. The molecule has 1 aliphatic rings. The van der Waals surface area contributed by atoms with Crippen LogP contribution in [0.4, 0.5) is 5.69 Å². The number of carboxylic acid groups (broad SMARTS) is 1. The lowest BCUT2D eigenvalue weighted by Crippen LogP contribution is -2.57. The Hall–Kier alpha value is -3.91. The number of aromatic nitrogens is 1. The van der Waals surface area contributed by atoms with Crippen LogP contribution in [-0.4, -0.2) is 69.6 Å². The first-order valence-corrected chi connectivity index (χ1v) is 11.3. The largest absolute Gasteiger partial charge is 0.477 e. The maximum atomic E-state index is 13.4. The maximum Gasteiger partial charge on any atom is 0.353 e. The van der Waals surface area contributed by atoms with Crippen LogP contribution in [-0.2, 0) is 16.1 Å². The van der Waals surface area contributed by atoms with Crippen molar-refractivity contribution in [1.82, 2.24) is 19.9 Å². The lowest BCUT2D eigenvalue weighted by molar-refractivity contribution is -0.152. The van der Waals surface area contributed by atoms with Crippen molar-refractivity contribution < 1.29 is 14.7 Å². The summed E-state index contributed by atoms with van der Waals surface area (Å²) in [6.45, 7) is 3.91. The van der Waals surface area contributed by atoms with Crippen LogP contribution in [0.3, 0.4) is 0 Å². The topological polar surface area (TPSA) is 89.0 Å². The third kappa shape index (κ3) is 5.02. The van der Waals surface area contributed by atoms with Crippen molar-refractivity contribution in [2.24, 2.45) is 0 Å². The van der Waals surface area contributed by atoms with E-state index in [0.29, 0.717) is 25.3 Å². The third-order valence-corrected chi connectivity index (χ3v) is 5.90. The van der Waals surface area contributed by atoms with Gasteiger partial charge in [0, 0.05) is 36.6 Å². The summed E-state index contributed by atoms with van der Waals surface area (Å²) >= 11 is 0. The van der Waals surface area contributed by atoms with Crippen LogP contribution in [0.25, 0.3) is 10.8 Å². The van der Waals surface area contributed by atoms with Crippen LogP contribution >= 0.6 is 0 Å². The van der Waals surface area contributed by atoms with Gasteiger partial charge in [-0.25, -0.2) is 4.79 Å². The van der Waals surface area contributed by atoms with Gasteiger partial charge < -0.3 is 15.3 Å². The number of likely N-dealkylation sites (N-methyl/N-ethyl adjacent to an activating group) is 2. The first kappa shape index (κ1) is 23.3. The Morgan fingerprint density at radius 1 is 1.09 bits per heavy atom. The summed E-state index contributed by atoms with van der Waals surface area (Å²) in [6.07, 6.45) is 4.91. The minimum absolute atomic E-state index is 0.0836. The van der Waals surface area contributed by atoms with Crippen LogP contribution in [0.1, 0.15) is 12.5 Å². The predicted octanol–water partition coefficient (Wildman–Crippen LogP) is 3.19. The summed E-state index contributed by atoms with van der Waals surface area (Å²) in [5, 5.41) is 18.1. The van der Waals surface area contributed by atoms with Crippen LogP contribution < -0.4 is 5.32 Å². The average molecular weight is 460 g/mol. The van der Waals surface area contributed by atoms with Crippen molar-refractivity contribution in [3.8, 4) is 0 Å². The number of carboxylic acids is 1. The lowest BCUT2D eigenvalue weighted by Gasteiger charge is -2.42. The van der Waals surface area contributed by atoms with Crippen molar-refractivity contribution in [2.75, 3.05) is 32.0 Å². The molecule has 0 spiro atoms. The second kappa shape index (κ2) is 10.4. The van der Waals surface area contributed by atoms with Gasteiger partial charge in [0.15, 0.2) is 0 Å². The highest BCUT2D eigenvalue weighted by atomic mass is 16.4. The van der Waals surface area contributed by atoms with E-state index < -0.39 is 12.0 Å². The molecule has 0 radical (unpaired) electrons. The summed E-state index contributed by atoms with van der Waals surface area (Å²) in [5.74, 6) is -1.27. The van der Waals surface area contributed by atoms with E-state index in [4.69, 9.17) is 0 Å². The van der Waals surface area contributed by atoms with E-state index in [1.165, 1.54) is 16.6 Å². The molecule has 1 unspecified atom stereocenters. The highest BCUT2D eigenvalue weighted by Gasteiger charge is 2.36. The zero-order valence-electron chi connectivity index (χ0n) is 19.4. The SMILES string of the molecule is CCN1C(=O)C(Nc2cncc3ccccc23)C=C(C(=O)O)N1CCN(C)Cc1ccccc1. The first-order valence-electron chi connectivity index (χ1n) is 11.3. The second-order valence-electron chi connectivity index (χ2n) is 8.29. The van der Waals surface area contributed by atoms with Gasteiger partial charge >= 0.3 is 5.97 Å². The molecule has 176 valence electrons. The minimum Gasteiger partial charge on any atom is -0.477 e. The molecule has 1 aliphatic heterocycles. The van der Waals surface area contributed by atoms with Gasteiger partial charge in [-0.15, -0.1) is 0 Å². The average Bonchev–Trinajstić information content (AvgIpc) is 2.84. The number of amides is 1. The van der Waals surface area contributed by atoms with E-state index in [9.17, 15) is 14.7 Å². The number of carbonyl (C=O) groups excluding carboxylic acids is 1. The molecule has 34 heavy (non-hydrogen) atoms. The minimum atomic E-state index is -1.07. The Balaban J connectivity index is 1.54. The number of benzene rings is 2. The van der Waals surface area contributed by atoms with Gasteiger partial charge in [0.1, 0.15) is 11.7 Å². The van der Waals surface area contributed by atoms with Crippen molar-refractivity contribution in [1.29, 1.82) is 0 Å². The summed E-state index contributed by atoms with van der Waals surface area (Å²) < 4.78 is 0. The fraction of sp³-hybridized carbons (Fsp3) is 0.269. The molecule has 0 saturated carbocycles. The standard InChI is InChI=1S/C26H29N5O3/c1-3-30-25(32)22(28-23-17-27-16-20-11-7-8-12-21(20)23)15-24(26(33)34)31(30)14-13-29(2)18-19-9-5-4-6-10-19/h4-12,15-17,22,28H,3,13-14,18H2,1-2H3,(H,33,34). The molecule has 1 amide bonds. The van der Waals surface area contributed by atoms with Gasteiger partial charge in [0.2, 0.25) is 0 Å². The molecule has 1 atom stereocenters. The number of nitrogens with zero attached hydrogens (tertiary/aromatic N) is 4. The number of hydrogen-bond donors (Lipinski definition) is 2. The van der Waals surface area contributed by atoms with Crippen molar-refractivity contribution in [3.63, 3.8) is 0 Å². The van der Waals surface area contributed by atoms with E-state index in [0.717, 1.165) is 17.3 Å². The molecule has 0 bridgehead atoms. The number of pyridine rings is 1. The second-order valence-corrected chi connectivity index (χ2v) is 8.29. The lowest BCUT2D eigenvalue weighted by atomic mass is 10.1. The van der Waals surface area contributed by atoms with Gasteiger partial charge in [-0.3, -0.25) is 19.8 Å². The molecule has 8 heteroatoms. The molecular formula is C26H29N5O3. The molecule has 8 nitrogen and oxygen atoms in total. The van der Waals surface area contributed by atoms with Gasteiger partial charge in [-0.1, -0.05) is 54.6 Å². The van der Waals surface area contributed by atoms with E-state index in [1.807, 2.05) is 56.4 Å². The molecule has 1 aromatic heterocycles. The molecule has 0 aliphatic carbocycles. The van der Waals surface area contributed by atoms with Crippen LogP contribution in [0.2, 0.25) is 0 Å². The highest BCUT2D eigenvalue weighted by molar-refractivity contribution is 5.98. The molecule has 4 rings (SSSR count). The summed E-state index contributed by atoms with van der Waals surface area (Å²) in [6, 6.07) is 17.0. The van der Waals surface area contributed by atoms with Crippen molar-refractivity contribution in [3.05, 3.63) is 84.3 Å². The predicted molar refractivity (Wildman–Crippen MR) is 132 cm³/mol. The van der Waals surface area contributed by atoms with Gasteiger partial charge in [0.25, 0.3) is 5.91 Å². The number of fused-ring (bicyclic) bond motifs is 1. The van der Waals surface area contributed by atoms with E-state index in [-0.39, 0.29) is 11.6 Å². The van der Waals surface area contributed by atoms with E-state index in [2.05, 4.69) is 27.3 Å². The van der Waals surface area contributed by atoms with Gasteiger partial charge in [0.05, 0.1) is 18.4 Å². The number of hydrazine groups is 1. The molecule has 3 aromatic rings. The third-order valence-electron chi connectivity index (χ3n) is 5.90.